The predicted octanol–water partition coefficient (Wildman–Crippen LogP) is 6.46. The van der Waals surface area contributed by atoms with Crippen molar-refractivity contribution in [3.8, 4) is 22.3 Å². The standard InChI is InChI=1S/C30H24F3NO3/c31-30(32,33)24-8-1-18(2-9-24)20-5-10-25-21(11-20)12-22(27(35)36)13-26(25)19-3-6-23(7-4-19)29(37)14-28(15-29)16-34-17-28/h1-13,34,37H,14-17H2,(H,35,36). The summed E-state index contributed by atoms with van der Waals surface area (Å²) in [7, 11) is 0. The largest absolute Gasteiger partial charge is 0.478 e. The molecule has 4 nitrogen and oxygen atoms in total. The molecule has 6 rings (SSSR count). The fraction of sp³-hybridized carbons (Fsp3) is 0.233. The molecule has 2 fully saturated rings. The molecule has 0 atom stereocenters. The van der Waals surface area contributed by atoms with E-state index in [1.54, 1.807) is 18.2 Å². The Morgan fingerprint density at radius 1 is 0.811 bits per heavy atom. The van der Waals surface area contributed by atoms with Gasteiger partial charge in [0.1, 0.15) is 0 Å². The molecule has 3 N–H and O–H groups in total. The molecule has 1 heterocycles. The Hall–Kier alpha value is -3.68. The average Bonchev–Trinajstić information content (AvgIpc) is 2.84. The number of fused-ring (bicyclic) bond motifs is 1. The van der Waals surface area contributed by atoms with E-state index in [1.165, 1.54) is 12.1 Å². The van der Waals surface area contributed by atoms with Gasteiger partial charge in [-0.15, -0.1) is 0 Å². The molecule has 4 aromatic carbocycles. The van der Waals surface area contributed by atoms with Gasteiger partial charge in [0, 0.05) is 18.5 Å². The molecule has 0 amide bonds. The molecule has 4 aromatic rings. The van der Waals surface area contributed by atoms with Gasteiger partial charge in [0.05, 0.1) is 16.7 Å². The van der Waals surface area contributed by atoms with Crippen molar-refractivity contribution >= 4 is 16.7 Å². The first-order valence-corrected chi connectivity index (χ1v) is 12.1. The van der Waals surface area contributed by atoms with Gasteiger partial charge in [0.2, 0.25) is 0 Å². The summed E-state index contributed by atoms with van der Waals surface area (Å²) in [5.41, 5.74) is 2.49. The third kappa shape index (κ3) is 4.08. The lowest BCUT2D eigenvalue weighted by molar-refractivity contribution is -0.155. The zero-order chi connectivity index (χ0) is 26.0. The van der Waals surface area contributed by atoms with E-state index < -0.39 is 23.3 Å². The number of nitrogens with one attached hydrogen (secondary N) is 1. The minimum atomic E-state index is -4.41. The molecule has 0 unspecified atom stereocenters. The van der Waals surface area contributed by atoms with E-state index in [9.17, 15) is 28.2 Å². The SMILES string of the molecule is O=C(O)c1cc(-c2ccc(C3(O)CC4(CNC4)C3)cc2)c2ccc(-c3ccc(C(F)(F)F)cc3)cc2c1. The van der Waals surface area contributed by atoms with Crippen LogP contribution in [0.25, 0.3) is 33.0 Å². The average molecular weight is 504 g/mol. The summed E-state index contributed by atoms with van der Waals surface area (Å²) < 4.78 is 38.9. The number of alkyl halides is 3. The van der Waals surface area contributed by atoms with E-state index in [0.717, 1.165) is 60.1 Å². The molecular weight excluding hydrogens is 479 g/mol. The summed E-state index contributed by atoms with van der Waals surface area (Å²) in [4.78, 5) is 11.9. The monoisotopic (exact) mass is 503 g/mol. The molecule has 0 bridgehead atoms. The number of aliphatic hydroxyl groups is 1. The first kappa shape index (κ1) is 23.7. The van der Waals surface area contributed by atoms with Crippen molar-refractivity contribution in [3.05, 3.63) is 95.6 Å². The highest BCUT2D eigenvalue weighted by atomic mass is 19.4. The van der Waals surface area contributed by atoms with Gasteiger partial charge in [-0.1, -0.05) is 48.5 Å². The first-order valence-electron chi connectivity index (χ1n) is 12.1. The van der Waals surface area contributed by atoms with Crippen molar-refractivity contribution < 1.29 is 28.2 Å². The number of carboxylic acids is 1. The van der Waals surface area contributed by atoms with Crippen LogP contribution in [0.5, 0.6) is 0 Å². The number of carbonyl (C=O) groups is 1. The zero-order valence-electron chi connectivity index (χ0n) is 19.8. The van der Waals surface area contributed by atoms with Crippen LogP contribution in [0.3, 0.4) is 0 Å². The third-order valence-corrected chi connectivity index (χ3v) is 7.81. The van der Waals surface area contributed by atoms with Crippen molar-refractivity contribution in [2.24, 2.45) is 5.41 Å². The molecule has 1 spiro atoms. The second-order valence-corrected chi connectivity index (χ2v) is 10.4. The van der Waals surface area contributed by atoms with Gasteiger partial charge >= 0.3 is 12.1 Å². The number of aromatic carboxylic acids is 1. The lowest BCUT2D eigenvalue weighted by Crippen LogP contribution is -2.65. The number of rotatable bonds is 4. The van der Waals surface area contributed by atoms with Crippen LogP contribution >= 0.6 is 0 Å². The molecule has 1 saturated carbocycles. The van der Waals surface area contributed by atoms with E-state index in [4.69, 9.17) is 0 Å². The lowest BCUT2D eigenvalue weighted by atomic mass is 9.54. The maximum atomic E-state index is 13.0. The fourth-order valence-corrected chi connectivity index (χ4v) is 5.85. The molecule has 0 aromatic heterocycles. The van der Waals surface area contributed by atoms with Crippen molar-refractivity contribution in [3.63, 3.8) is 0 Å². The Balaban J connectivity index is 1.37. The Bertz CT molecular complexity index is 1510. The number of hydrogen-bond donors (Lipinski definition) is 3. The smallest absolute Gasteiger partial charge is 0.416 e. The quantitative estimate of drug-likeness (QED) is 0.299. The van der Waals surface area contributed by atoms with E-state index in [1.807, 2.05) is 36.4 Å². The van der Waals surface area contributed by atoms with Gasteiger partial charge in [-0.3, -0.25) is 0 Å². The van der Waals surface area contributed by atoms with E-state index >= 15 is 0 Å². The van der Waals surface area contributed by atoms with Crippen LogP contribution in [0.4, 0.5) is 13.2 Å². The van der Waals surface area contributed by atoms with Crippen LogP contribution in [-0.2, 0) is 11.8 Å². The predicted molar refractivity (Wildman–Crippen MR) is 135 cm³/mol. The highest BCUT2D eigenvalue weighted by molar-refractivity contribution is 6.04. The number of benzene rings is 4. The topological polar surface area (TPSA) is 69.6 Å². The van der Waals surface area contributed by atoms with Crippen LogP contribution in [0.1, 0.15) is 34.3 Å². The van der Waals surface area contributed by atoms with E-state index in [-0.39, 0.29) is 11.0 Å². The third-order valence-electron chi connectivity index (χ3n) is 7.81. The minimum Gasteiger partial charge on any atom is -0.478 e. The van der Waals surface area contributed by atoms with Crippen molar-refractivity contribution in [1.82, 2.24) is 5.32 Å². The Morgan fingerprint density at radius 2 is 1.43 bits per heavy atom. The molecule has 188 valence electrons. The second kappa shape index (κ2) is 8.16. The molecule has 0 radical (unpaired) electrons. The number of halogens is 3. The summed E-state index contributed by atoms with van der Waals surface area (Å²) in [6.45, 7) is 1.88. The molecule has 2 aliphatic rings. The lowest BCUT2D eigenvalue weighted by Gasteiger charge is -2.59. The Labute approximate surface area is 211 Å². The molecule has 37 heavy (non-hydrogen) atoms. The normalized spacial score (nSPS) is 17.8. The summed E-state index contributed by atoms with van der Waals surface area (Å²) >= 11 is 0. The summed E-state index contributed by atoms with van der Waals surface area (Å²) in [5, 5.41) is 25.6. The highest BCUT2D eigenvalue weighted by Crippen LogP contribution is 2.56. The van der Waals surface area contributed by atoms with Crippen LogP contribution < -0.4 is 5.32 Å². The van der Waals surface area contributed by atoms with E-state index in [2.05, 4.69) is 5.32 Å². The van der Waals surface area contributed by atoms with Gasteiger partial charge in [-0.05, 0) is 81.8 Å². The van der Waals surface area contributed by atoms with Gasteiger partial charge in [-0.2, -0.15) is 13.2 Å². The molecular formula is C30H24F3NO3. The maximum absolute atomic E-state index is 13.0. The van der Waals surface area contributed by atoms with Gasteiger partial charge in [-0.25, -0.2) is 4.79 Å². The van der Waals surface area contributed by atoms with Crippen LogP contribution in [0, 0.1) is 5.41 Å². The molecule has 1 aliphatic heterocycles. The van der Waals surface area contributed by atoms with Crippen LogP contribution in [0.15, 0.2) is 78.9 Å². The minimum absolute atomic E-state index is 0.119. The first-order chi connectivity index (χ1) is 17.6. The Kier molecular flexibility index (Phi) is 5.23. The van der Waals surface area contributed by atoms with Gasteiger partial charge in [0.15, 0.2) is 0 Å². The highest BCUT2D eigenvalue weighted by Gasteiger charge is 2.57. The van der Waals surface area contributed by atoms with Crippen molar-refractivity contribution in [1.29, 1.82) is 0 Å². The molecule has 1 saturated heterocycles. The van der Waals surface area contributed by atoms with Gasteiger partial charge in [0.25, 0.3) is 0 Å². The van der Waals surface area contributed by atoms with Crippen LogP contribution in [-0.4, -0.2) is 29.3 Å². The van der Waals surface area contributed by atoms with Crippen molar-refractivity contribution in [2.75, 3.05) is 13.1 Å². The van der Waals surface area contributed by atoms with E-state index in [0.29, 0.717) is 16.5 Å². The summed E-state index contributed by atoms with van der Waals surface area (Å²) in [6.07, 6.45) is -2.94. The maximum Gasteiger partial charge on any atom is 0.416 e. The van der Waals surface area contributed by atoms with Crippen LogP contribution in [0.2, 0.25) is 0 Å². The fourth-order valence-electron chi connectivity index (χ4n) is 5.85. The molecule has 1 aliphatic carbocycles. The Morgan fingerprint density at radius 3 is 2.00 bits per heavy atom. The number of carboxylic acid groups (broad SMARTS) is 1. The van der Waals surface area contributed by atoms with Gasteiger partial charge < -0.3 is 15.5 Å². The molecule has 7 heteroatoms. The summed E-state index contributed by atoms with van der Waals surface area (Å²) in [6, 6.07) is 21.2. The number of hydrogen-bond acceptors (Lipinski definition) is 3. The summed E-state index contributed by atoms with van der Waals surface area (Å²) in [5.74, 6) is -1.07. The zero-order valence-corrected chi connectivity index (χ0v) is 19.8. The van der Waals surface area contributed by atoms with Crippen molar-refractivity contribution in [2.45, 2.75) is 24.6 Å². The second-order valence-electron chi connectivity index (χ2n) is 10.4.